The van der Waals surface area contributed by atoms with Gasteiger partial charge >= 0.3 is 0 Å². The summed E-state index contributed by atoms with van der Waals surface area (Å²) in [7, 11) is 0. The van der Waals surface area contributed by atoms with Gasteiger partial charge in [-0.2, -0.15) is 0 Å². The van der Waals surface area contributed by atoms with Crippen LogP contribution in [0.25, 0.3) is 0 Å². The zero-order chi connectivity index (χ0) is 13.7. The minimum Gasteiger partial charge on any atom is -0.370 e. The molecule has 2 aromatic rings. The Morgan fingerprint density at radius 2 is 2.11 bits per heavy atom. The van der Waals surface area contributed by atoms with Crippen LogP contribution in [0.15, 0.2) is 29.6 Å². The van der Waals surface area contributed by atoms with Gasteiger partial charge in [0, 0.05) is 11.4 Å². The van der Waals surface area contributed by atoms with E-state index in [1.54, 1.807) is 11.3 Å². The molecule has 100 valence electrons. The highest BCUT2D eigenvalue weighted by Gasteiger charge is 2.10. The Kier molecular flexibility index (Phi) is 4.30. The second kappa shape index (κ2) is 6.14. The topological polar surface area (TPSA) is 80.1 Å². The van der Waals surface area contributed by atoms with Gasteiger partial charge in [-0.1, -0.05) is 6.07 Å². The average Bonchev–Trinajstić information content (AvgIpc) is 2.89. The summed E-state index contributed by atoms with van der Waals surface area (Å²) in [5, 5.41) is 18.9. The largest absolute Gasteiger partial charge is 0.370 e. The van der Waals surface area contributed by atoms with E-state index in [9.17, 15) is 10.1 Å². The molecule has 0 aliphatic rings. The summed E-state index contributed by atoms with van der Waals surface area (Å²) in [4.78, 5) is 15.9. The Hall–Kier alpha value is -2.15. The third-order valence-electron chi connectivity index (χ3n) is 2.40. The predicted octanol–water partition coefficient (Wildman–Crippen LogP) is 3.10. The Labute approximate surface area is 114 Å². The Bertz CT molecular complexity index is 557. The standard InChI is InChI=1S/C12H14N4O2S/c1-2-13-11-6-9(16(17)18)7-12(15-11)14-8-10-4-3-5-19-10/h3-7H,2,8H2,1H3,(H2,13,14,15). The van der Waals surface area contributed by atoms with Crippen LogP contribution in [-0.2, 0) is 6.54 Å². The molecule has 7 heteroatoms. The highest BCUT2D eigenvalue weighted by atomic mass is 32.1. The number of thiophene rings is 1. The summed E-state index contributed by atoms with van der Waals surface area (Å²) in [6.07, 6.45) is 0. The summed E-state index contributed by atoms with van der Waals surface area (Å²) in [6, 6.07) is 6.83. The van der Waals surface area contributed by atoms with Crippen molar-refractivity contribution < 1.29 is 4.92 Å². The van der Waals surface area contributed by atoms with Crippen LogP contribution in [0.4, 0.5) is 17.3 Å². The van der Waals surface area contributed by atoms with Crippen LogP contribution in [0.1, 0.15) is 11.8 Å². The van der Waals surface area contributed by atoms with Crippen molar-refractivity contribution in [3.05, 3.63) is 44.6 Å². The van der Waals surface area contributed by atoms with E-state index in [0.29, 0.717) is 24.7 Å². The molecule has 0 unspecified atom stereocenters. The second-order valence-electron chi connectivity index (χ2n) is 3.82. The van der Waals surface area contributed by atoms with Crippen molar-refractivity contribution in [2.45, 2.75) is 13.5 Å². The van der Waals surface area contributed by atoms with Gasteiger partial charge in [-0.3, -0.25) is 10.1 Å². The second-order valence-corrected chi connectivity index (χ2v) is 4.85. The average molecular weight is 278 g/mol. The number of pyridine rings is 1. The van der Waals surface area contributed by atoms with Crippen LogP contribution in [0.3, 0.4) is 0 Å². The van der Waals surface area contributed by atoms with Crippen molar-refractivity contribution in [2.75, 3.05) is 17.2 Å². The third-order valence-corrected chi connectivity index (χ3v) is 3.28. The maximum absolute atomic E-state index is 10.9. The molecule has 2 heterocycles. The molecule has 0 bridgehead atoms. The number of rotatable bonds is 6. The third kappa shape index (κ3) is 3.65. The van der Waals surface area contributed by atoms with Gasteiger partial charge in [0.15, 0.2) is 0 Å². The molecule has 0 fully saturated rings. The van der Waals surface area contributed by atoms with E-state index in [2.05, 4.69) is 15.6 Å². The molecule has 2 aromatic heterocycles. The quantitative estimate of drug-likeness (QED) is 0.627. The number of hydrogen-bond acceptors (Lipinski definition) is 6. The maximum atomic E-state index is 10.9. The predicted molar refractivity (Wildman–Crippen MR) is 76.7 cm³/mol. The van der Waals surface area contributed by atoms with Crippen molar-refractivity contribution in [1.82, 2.24) is 4.98 Å². The summed E-state index contributed by atoms with van der Waals surface area (Å²) in [5.74, 6) is 1.00. The number of hydrogen-bond donors (Lipinski definition) is 2. The molecule has 0 aliphatic carbocycles. The zero-order valence-corrected chi connectivity index (χ0v) is 11.2. The number of anilines is 2. The first kappa shape index (κ1) is 13.3. The van der Waals surface area contributed by atoms with E-state index in [4.69, 9.17) is 0 Å². The van der Waals surface area contributed by atoms with Crippen molar-refractivity contribution in [2.24, 2.45) is 0 Å². The molecule has 0 saturated carbocycles. The van der Waals surface area contributed by atoms with Crippen LogP contribution in [0.5, 0.6) is 0 Å². The van der Waals surface area contributed by atoms with E-state index in [-0.39, 0.29) is 5.69 Å². The molecule has 0 amide bonds. The van der Waals surface area contributed by atoms with Crippen LogP contribution in [0, 0.1) is 10.1 Å². The Morgan fingerprint density at radius 3 is 2.68 bits per heavy atom. The van der Waals surface area contributed by atoms with Gasteiger partial charge in [-0.05, 0) is 18.4 Å². The molecule has 0 radical (unpaired) electrons. The van der Waals surface area contributed by atoms with Gasteiger partial charge in [0.05, 0.1) is 23.6 Å². The fraction of sp³-hybridized carbons (Fsp3) is 0.250. The first-order valence-corrected chi connectivity index (χ1v) is 6.73. The lowest BCUT2D eigenvalue weighted by atomic mass is 10.3. The SMILES string of the molecule is CCNc1cc([N+](=O)[O-])cc(NCc2cccs2)n1. The molecule has 0 spiro atoms. The molecular formula is C12H14N4O2S. The van der Waals surface area contributed by atoms with Gasteiger partial charge < -0.3 is 10.6 Å². The summed E-state index contributed by atoms with van der Waals surface area (Å²) >= 11 is 1.63. The lowest BCUT2D eigenvalue weighted by Crippen LogP contribution is -2.05. The highest BCUT2D eigenvalue weighted by molar-refractivity contribution is 7.09. The molecule has 2 N–H and O–H groups in total. The van der Waals surface area contributed by atoms with Crippen LogP contribution in [0.2, 0.25) is 0 Å². The van der Waals surface area contributed by atoms with Gasteiger partial charge in [0.25, 0.3) is 5.69 Å². The van der Waals surface area contributed by atoms with Gasteiger partial charge in [-0.25, -0.2) is 4.98 Å². The van der Waals surface area contributed by atoms with Crippen LogP contribution >= 0.6 is 11.3 Å². The van der Waals surface area contributed by atoms with Crippen molar-refractivity contribution >= 4 is 28.7 Å². The fourth-order valence-electron chi connectivity index (χ4n) is 1.57. The number of nitrogens with zero attached hydrogens (tertiary/aromatic N) is 2. The van der Waals surface area contributed by atoms with E-state index in [1.165, 1.54) is 12.1 Å². The smallest absolute Gasteiger partial charge is 0.276 e. The Morgan fingerprint density at radius 1 is 1.37 bits per heavy atom. The monoisotopic (exact) mass is 278 g/mol. The normalized spacial score (nSPS) is 10.2. The van der Waals surface area contributed by atoms with Gasteiger partial charge in [-0.15, -0.1) is 11.3 Å². The van der Waals surface area contributed by atoms with Gasteiger partial charge in [0.2, 0.25) is 0 Å². The summed E-state index contributed by atoms with van der Waals surface area (Å²) in [5.41, 5.74) is 0.0274. The molecule has 2 rings (SSSR count). The van der Waals surface area contributed by atoms with Crippen molar-refractivity contribution in [1.29, 1.82) is 0 Å². The van der Waals surface area contributed by atoms with E-state index in [0.717, 1.165) is 4.88 Å². The minimum absolute atomic E-state index is 0.0274. The Balaban J connectivity index is 2.16. The van der Waals surface area contributed by atoms with Crippen LogP contribution < -0.4 is 10.6 Å². The van der Waals surface area contributed by atoms with Crippen molar-refractivity contribution in [3.63, 3.8) is 0 Å². The zero-order valence-electron chi connectivity index (χ0n) is 10.4. The molecule has 0 aromatic carbocycles. The maximum Gasteiger partial charge on any atom is 0.276 e. The number of nitrogens with one attached hydrogen (secondary N) is 2. The summed E-state index contributed by atoms with van der Waals surface area (Å²) < 4.78 is 0. The number of nitro groups is 1. The first-order valence-electron chi connectivity index (χ1n) is 5.85. The molecular weight excluding hydrogens is 264 g/mol. The molecule has 19 heavy (non-hydrogen) atoms. The fourth-order valence-corrected chi connectivity index (χ4v) is 2.22. The lowest BCUT2D eigenvalue weighted by Gasteiger charge is -2.07. The first-order chi connectivity index (χ1) is 9.19. The van der Waals surface area contributed by atoms with Crippen molar-refractivity contribution in [3.8, 4) is 0 Å². The van der Waals surface area contributed by atoms with E-state index in [1.807, 2.05) is 24.4 Å². The van der Waals surface area contributed by atoms with Gasteiger partial charge in [0.1, 0.15) is 11.6 Å². The minimum atomic E-state index is -0.418. The molecule has 0 saturated heterocycles. The summed E-state index contributed by atoms with van der Waals surface area (Å²) in [6.45, 7) is 3.19. The van der Waals surface area contributed by atoms with Crippen LogP contribution in [-0.4, -0.2) is 16.5 Å². The number of aromatic nitrogens is 1. The molecule has 6 nitrogen and oxygen atoms in total. The molecule has 0 atom stereocenters. The van der Waals surface area contributed by atoms with E-state index < -0.39 is 4.92 Å². The highest BCUT2D eigenvalue weighted by Crippen LogP contribution is 2.21. The van der Waals surface area contributed by atoms with E-state index >= 15 is 0 Å². The lowest BCUT2D eigenvalue weighted by molar-refractivity contribution is -0.384. The molecule has 0 aliphatic heterocycles.